The predicted molar refractivity (Wildman–Crippen MR) is 91.6 cm³/mol. The van der Waals surface area contributed by atoms with Crippen LogP contribution in [0, 0.1) is 0 Å². The molecule has 3 aromatic rings. The molecule has 1 aliphatic heterocycles. The molecule has 1 aliphatic rings. The van der Waals surface area contributed by atoms with Crippen LogP contribution in [0.4, 0.5) is 0 Å². The third-order valence-electron chi connectivity index (χ3n) is 4.45. The van der Waals surface area contributed by atoms with Gasteiger partial charge in [-0.15, -0.1) is 11.3 Å². The fourth-order valence-electron chi connectivity index (χ4n) is 3.20. The summed E-state index contributed by atoms with van der Waals surface area (Å²) in [6.45, 7) is 0.502. The molecule has 126 valence electrons. The van der Waals surface area contributed by atoms with Crippen LogP contribution >= 0.6 is 11.3 Å². The fraction of sp³-hybridized carbons (Fsp3) is 0.312. The van der Waals surface area contributed by atoms with Crippen LogP contribution in [-0.4, -0.2) is 23.8 Å². The van der Waals surface area contributed by atoms with Gasteiger partial charge in [0.05, 0.1) is 16.5 Å². The van der Waals surface area contributed by atoms with E-state index >= 15 is 0 Å². The maximum atomic E-state index is 13.1. The zero-order chi connectivity index (χ0) is 16.9. The van der Waals surface area contributed by atoms with Crippen LogP contribution < -0.4 is 5.76 Å². The summed E-state index contributed by atoms with van der Waals surface area (Å²) < 4.78 is 34.2. The van der Waals surface area contributed by atoms with E-state index in [0.29, 0.717) is 12.1 Å². The minimum atomic E-state index is -3.64. The number of hydrogen-bond donors (Lipinski definition) is 0. The zero-order valence-corrected chi connectivity index (χ0v) is 14.6. The second kappa shape index (κ2) is 5.58. The molecule has 1 aromatic carbocycles. The molecule has 8 heteroatoms. The Kier molecular flexibility index (Phi) is 3.63. The summed E-state index contributed by atoms with van der Waals surface area (Å²) in [6, 6.07) is 8.39. The van der Waals surface area contributed by atoms with E-state index < -0.39 is 15.8 Å². The van der Waals surface area contributed by atoms with Gasteiger partial charge in [-0.05, 0) is 36.4 Å². The van der Waals surface area contributed by atoms with Gasteiger partial charge >= 0.3 is 5.76 Å². The first-order valence-corrected chi connectivity index (χ1v) is 9.95. The number of nitrogens with zero attached hydrogens (tertiary/aromatic N) is 2. The van der Waals surface area contributed by atoms with Gasteiger partial charge in [0.2, 0.25) is 10.0 Å². The number of oxazole rings is 1. The topological polar surface area (TPSA) is 72.5 Å². The summed E-state index contributed by atoms with van der Waals surface area (Å²) in [4.78, 5) is 12.8. The number of hydrogen-bond acceptors (Lipinski definition) is 5. The number of thiophene rings is 1. The van der Waals surface area contributed by atoms with E-state index in [-0.39, 0.29) is 16.5 Å². The van der Waals surface area contributed by atoms with E-state index in [1.807, 2.05) is 17.5 Å². The number of fused-ring (bicyclic) bond motifs is 1. The second-order valence-corrected chi connectivity index (χ2v) is 8.72. The molecular formula is C16H16N2O4S2. The number of rotatable bonds is 3. The lowest BCUT2D eigenvalue weighted by molar-refractivity contribution is 0.401. The van der Waals surface area contributed by atoms with Crippen LogP contribution in [0.5, 0.6) is 0 Å². The highest BCUT2D eigenvalue weighted by Gasteiger charge is 2.36. The highest BCUT2D eigenvalue weighted by Crippen LogP contribution is 2.38. The van der Waals surface area contributed by atoms with Gasteiger partial charge in [-0.25, -0.2) is 13.2 Å². The highest BCUT2D eigenvalue weighted by atomic mass is 32.2. The monoisotopic (exact) mass is 364 g/mol. The Balaban J connectivity index is 1.78. The van der Waals surface area contributed by atoms with Gasteiger partial charge in [-0.2, -0.15) is 4.31 Å². The quantitative estimate of drug-likeness (QED) is 0.716. The molecule has 0 N–H and O–H groups in total. The molecule has 0 spiro atoms. The van der Waals surface area contributed by atoms with Crippen molar-refractivity contribution in [2.75, 3.05) is 6.54 Å². The summed E-state index contributed by atoms with van der Waals surface area (Å²) in [5.41, 5.74) is 0.866. The van der Waals surface area contributed by atoms with Crippen LogP contribution in [0.2, 0.25) is 0 Å². The molecule has 24 heavy (non-hydrogen) atoms. The van der Waals surface area contributed by atoms with Crippen LogP contribution in [0.15, 0.2) is 49.8 Å². The van der Waals surface area contributed by atoms with E-state index in [4.69, 9.17) is 4.42 Å². The van der Waals surface area contributed by atoms with E-state index in [1.165, 1.54) is 16.7 Å². The van der Waals surface area contributed by atoms with Crippen molar-refractivity contribution < 1.29 is 12.8 Å². The Morgan fingerprint density at radius 1 is 1.29 bits per heavy atom. The number of benzene rings is 1. The van der Waals surface area contributed by atoms with E-state index in [9.17, 15) is 13.2 Å². The number of aromatic nitrogens is 1. The minimum absolute atomic E-state index is 0.117. The van der Waals surface area contributed by atoms with Crippen molar-refractivity contribution in [1.82, 2.24) is 8.87 Å². The highest BCUT2D eigenvalue weighted by molar-refractivity contribution is 7.89. The Morgan fingerprint density at radius 2 is 2.12 bits per heavy atom. The molecule has 0 saturated carbocycles. The van der Waals surface area contributed by atoms with Gasteiger partial charge in [-0.1, -0.05) is 6.07 Å². The van der Waals surface area contributed by atoms with E-state index in [1.54, 1.807) is 28.8 Å². The summed E-state index contributed by atoms with van der Waals surface area (Å²) in [5, 5.41) is 1.96. The zero-order valence-electron chi connectivity index (χ0n) is 13.0. The SMILES string of the molecule is Cn1c(=O)oc2cc(S(=O)(=O)N3CCC[C@H]3c3cccs3)ccc21. The fourth-order valence-corrected chi connectivity index (χ4v) is 5.83. The van der Waals surface area contributed by atoms with Crippen molar-refractivity contribution in [2.45, 2.75) is 23.8 Å². The molecule has 1 fully saturated rings. The molecule has 1 atom stereocenters. The lowest BCUT2D eigenvalue weighted by Crippen LogP contribution is -2.30. The third kappa shape index (κ3) is 2.33. The first-order valence-electron chi connectivity index (χ1n) is 7.63. The van der Waals surface area contributed by atoms with Crippen molar-refractivity contribution in [3.8, 4) is 0 Å². The largest absolute Gasteiger partial charge is 0.419 e. The lowest BCUT2D eigenvalue weighted by atomic mass is 10.2. The van der Waals surface area contributed by atoms with Crippen molar-refractivity contribution in [1.29, 1.82) is 0 Å². The maximum absolute atomic E-state index is 13.1. The normalized spacial score (nSPS) is 19.3. The Hall–Kier alpha value is -1.90. The van der Waals surface area contributed by atoms with Crippen LogP contribution in [0.1, 0.15) is 23.8 Å². The summed E-state index contributed by atoms with van der Waals surface area (Å²) in [6.07, 6.45) is 1.66. The Labute approximate surface area is 143 Å². The third-order valence-corrected chi connectivity index (χ3v) is 7.32. The van der Waals surface area contributed by atoms with E-state index in [2.05, 4.69) is 0 Å². The Bertz CT molecular complexity index is 1050. The summed E-state index contributed by atoms with van der Waals surface area (Å²) >= 11 is 1.57. The maximum Gasteiger partial charge on any atom is 0.419 e. The molecule has 0 unspecified atom stereocenters. The van der Waals surface area contributed by atoms with Crippen molar-refractivity contribution in [2.24, 2.45) is 7.05 Å². The van der Waals surface area contributed by atoms with E-state index in [0.717, 1.165) is 17.7 Å². The average Bonchev–Trinajstić information content (AvgIpc) is 3.28. The molecule has 0 amide bonds. The average molecular weight is 364 g/mol. The van der Waals surface area contributed by atoms with Crippen LogP contribution in [-0.2, 0) is 17.1 Å². The first-order chi connectivity index (χ1) is 11.5. The molecule has 6 nitrogen and oxygen atoms in total. The molecule has 0 bridgehead atoms. The Morgan fingerprint density at radius 3 is 2.88 bits per heavy atom. The molecule has 3 heterocycles. The predicted octanol–water partition coefficient (Wildman–Crippen LogP) is 2.72. The van der Waals surface area contributed by atoms with Crippen molar-refractivity contribution >= 4 is 32.5 Å². The molecule has 4 rings (SSSR count). The minimum Gasteiger partial charge on any atom is -0.408 e. The van der Waals surface area contributed by atoms with Gasteiger partial charge in [0.25, 0.3) is 0 Å². The summed E-state index contributed by atoms with van der Waals surface area (Å²) in [7, 11) is -2.05. The van der Waals surface area contributed by atoms with Crippen molar-refractivity contribution in [3.05, 3.63) is 51.1 Å². The molecule has 0 aliphatic carbocycles. The molecule has 2 aromatic heterocycles. The van der Waals surface area contributed by atoms with Crippen molar-refractivity contribution in [3.63, 3.8) is 0 Å². The number of sulfonamides is 1. The van der Waals surface area contributed by atoms with Crippen LogP contribution in [0.3, 0.4) is 0 Å². The number of aryl methyl sites for hydroxylation is 1. The molecular weight excluding hydrogens is 348 g/mol. The standard InChI is InChI=1S/C16H16N2O4S2/c1-17-12-7-6-11(10-14(12)22-16(17)19)24(20,21)18-8-2-4-13(18)15-5-3-9-23-15/h3,5-7,9-10,13H,2,4,8H2,1H3/t13-/m0/s1. The van der Waals surface area contributed by atoms with Crippen LogP contribution in [0.25, 0.3) is 11.1 Å². The smallest absolute Gasteiger partial charge is 0.408 e. The molecule has 0 radical (unpaired) electrons. The van der Waals surface area contributed by atoms with Gasteiger partial charge < -0.3 is 4.42 Å². The summed E-state index contributed by atoms with van der Waals surface area (Å²) in [5.74, 6) is -0.503. The molecule has 1 saturated heterocycles. The second-order valence-electron chi connectivity index (χ2n) is 5.85. The van der Waals surface area contributed by atoms with Gasteiger partial charge in [-0.3, -0.25) is 4.57 Å². The first kappa shape index (κ1) is 15.6. The lowest BCUT2D eigenvalue weighted by Gasteiger charge is -2.23. The van der Waals surface area contributed by atoms with Gasteiger partial charge in [0, 0.05) is 24.5 Å². The van der Waals surface area contributed by atoms with Gasteiger partial charge in [0.1, 0.15) is 0 Å². The van der Waals surface area contributed by atoms with Gasteiger partial charge in [0.15, 0.2) is 5.58 Å².